The first-order valence-corrected chi connectivity index (χ1v) is 9.80. The summed E-state index contributed by atoms with van der Waals surface area (Å²) in [4.78, 5) is 13.2. The van der Waals surface area contributed by atoms with E-state index in [9.17, 15) is 4.79 Å². The lowest BCUT2D eigenvalue weighted by Crippen LogP contribution is -2.39. The van der Waals surface area contributed by atoms with Crippen LogP contribution >= 0.6 is 11.6 Å². The predicted octanol–water partition coefficient (Wildman–Crippen LogP) is 6.27. The number of hydrogen-bond donors (Lipinski definition) is 1. The maximum Gasteiger partial charge on any atom is 0.167 e. The zero-order valence-electron chi connectivity index (χ0n) is 15.8. The second kappa shape index (κ2) is 6.11. The van der Waals surface area contributed by atoms with Crippen LogP contribution in [0.1, 0.15) is 47.9 Å². The van der Waals surface area contributed by atoms with Crippen LogP contribution in [0, 0.1) is 0 Å². The van der Waals surface area contributed by atoms with E-state index in [4.69, 9.17) is 16.3 Å². The van der Waals surface area contributed by atoms with Crippen molar-refractivity contribution in [2.24, 2.45) is 0 Å². The van der Waals surface area contributed by atoms with Crippen molar-refractivity contribution in [3.05, 3.63) is 82.4 Å². The van der Waals surface area contributed by atoms with Gasteiger partial charge in [-0.15, -0.1) is 0 Å². The number of ether oxygens (including phenoxy) is 1. The fourth-order valence-corrected chi connectivity index (χ4v) is 4.41. The Hall–Kier alpha value is -2.78. The molecule has 0 saturated heterocycles. The van der Waals surface area contributed by atoms with Crippen molar-refractivity contribution < 1.29 is 9.53 Å². The monoisotopic (exact) mass is 389 g/mol. The molecule has 1 N–H and O–H groups in total. The molecule has 3 aromatic carbocycles. The molecule has 0 saturated carbocycles. The van der Waals surface area contributed by atoms with Gasteiger partial charge >= 0.3 is 0 Å². The number of anilines is 1. The Kier molecular flexibility index (Phi) is 3.78. The van der Waals surface area contributed by atoms with Gasteiger partial charge in [0.15, 0.2) is 11.9 Å². The number of fused-ring (bicyclic) bond motifs is 5. The van der Waals surface area contributed by atoms with E-state index in [2.05, 4.69) is 25.2 Å². The third-order valence-electron chi connectivity index (χ3n) is 5.46. The second-order valence-electron chi connectivity index (χ2n) is 8.10. The number of rotatable bonds is 1. The van der Waals surface area contributed by atoms with Crippen LogP contribution in [0.25, 0.3) is 11.1 Å². The third kappa shape index (κ3) is 2.70. The maximum atomic E-state index is 13.2. The molecular formula is C24H20ClNO2. The molecule has 0 bridgehead atoms. The van der Waals surface area contributed by atoms with Crippen molar-refractivity contribution in [1.29, 1.82) is 0 Å². The average molecular weight is 390 g/mol. The molecule has 28 heavy (non-hydrogen) atoms. The molecule has 0 aromatic heterocycles. The first-order chi connectivity index (χ1) is 13.4. The number of ketones is 1. The zero-order valence-corrected chi connectivity index (χ0v) is 16.5. The summed E-state index contributed by atoms with van der Waals surface area (Å²) in [5.74, 6) is 0.976. The Morgan fingerprint density at radius 3 is 2.54 bits per heavy atom. The van der Waals surface area contributed by atoms with E-state index in [0.717, 1.165) is 39.3 Å². The van der Waals surface area contributed by atoms with Crippen molar-refractivity contribution in [2.75, 3.05) is 5.32 Å². The van der Waals surface area contributed by atoms with E-state index in [1.54, 1.807) is 0 Å². The van der Waals surface area contributed by atoms with E-state index < -0.39 is 0 Å². The summed E-state index contributed by atoms with van der Waals surface area (Å²) >= 11 is 6.10. The highest BCUT2D eigenvalue weighted by Gasteiger charge is 2.38. The van der Waals surface area contributed by atoms with Crippen LogP contribution in [0.5, 0.6) is 5.75 Å². The van der Waals surface area contributed by atoms with Gasteiger partial charge in [0.2, 0.25) is 0 Å². The van der Waals surface area contributed by atoms with Gasteiger partial charge in [0.25, 0.3) is 0 Å². The van der Waals surface area contributed by atoms with Crippen molar-refractivity contribution in [1.82, 2.24) is 0 Å². The van der Waals surface area contributed by atoms with Crippen molar-refractivity contribution in [3.8, 4) is 16.9 Å². The van der Waals surface area contributed by atoms with Crippen LogP contribution in [0.2, 0.25) is 5.02 Å². The van der Waals surface area contributed by atoms with E-state index in [1.807, 2.05) is 54.6 Å². The summed E-state index contributed by atoms with van der Waals surface area (Å²) in [5, 5.41) is 4.20. The molecule has 0 unspecified atom stereocenters. The van der Waals surface area contributed by atoms with Crippen molar-refractivity contribution in [3.63, 3.8) is 0 Å². The second-order valence-corrected chi connectivity index (χ2v) is 8.54. The molecule has 1 atom stereocenters. The SMILES string of the molecule is CC1(C)CC(=O)c2c(ccc3c2[C@@H](c2ccc(Cl)cc2)Oc2ccccc2-3)N1. The number of Topliss-reactive ketones (excluding diaryl/α,β-unsaturated/α-hetero) is 1. The van der Waals surface area contributed by atoms with Crippen molar-refractivity contribution in [2.45, 2.75) is 31.9 Å². The molecule has 3 aromatic rings. The van der Waals surface area contributed by atoms with Gasteiger partial charge in [0.1, 0.15) is 5.75 Å². The van der Waals surface area contributed by atoms with Crippen LogP contribution < -0.4 is 10.1 Å². The van der Waals surface area contributed by atoms with Gasteiger partial charge in [-0.2, -0.15) is 0 Å². The molecule has 0 aliphatic carbocycles. The number of hydrogen-bond acceptors (Lipinski definition) is 3. The molecule has 3 nitrogen and oxygen atoms in total. The van der Waals surface area contributed by atoms with Gasteiger partial charge in [-0.3, -0.25) is 4.79 Å². The lowest BCUT2D eigenvalue weighted by Gasteiger charge is -2.37. The third-order valence-corrected chi connectivity index (χ3v) is 5.71. The minimum Gasteiger partial charge on any atom is -0.480 e. The Balaban J connectivity index is 1.78. The van der Waals surface area contributed by atoms with E-state index in [-0.39, 0.29) is 17.4 Å². The van der Waals surface area contributed by atoms with Crippen molar-refractivity contribution >= 4 is 23.1 Å². The number of halogens is 1. The predicted molar refractivity (Wildman–Crippen MR) is 112 cm³/mol. The van der Waals surface area contributed by atoms with Crippen LogP contribution in [0.15, 0.2) is 60.7 Å². The molecule has 0 radical (unpaired) electrons. The number of carbonyl (C=O) groups excluding carboxylic acids is 1. The fraction of sp³-hybridized carbons (Fsp3) is 0.208. The van der Waals surface area contributed by atoms with Crippen LogP contribution in [-0.2, 0) is 0 Å². The largest absolute Gasteiger partial charge is 0.480 e. The molecule has 0 amide bonds. The van der Waals surface area contributed by atoms with Gasteiger partial charge in [0.05, 0.1) is 0 Å². The quantitative estimate of drug-likeness (QED) is 0.533. The summed E-state index contributed by atoms with van der Waals surface area (Å²) < 4.78 is 6.43. The normalized spacial score (nSPS) is 19.0. The molecular weight excluding hydrogens is 370 g/mol. The summed E-state index contributed by atoms with van der Waals surface area (Å²) in [7, 11) is 0. The zero-order chi connectivity index (χ0) is 19.5. The lowest BCUT2D eigenvalue weighted by atomic mass is 9.79. The molecule has 2 aliphatic rings. The molecule has 4 heteroatoms. The van der Waals surface area contributed by atoms with Crippen LogP contribution in [0.3, 0.4) is 0 Å². The van der Waals surface area contributed by atoms with Gasteiger partial charge in [-0.05, 0) is 49.2 Å². The number of para-hydroxylation sites is 1. The topological polar surface area (TPSA) is 38.3 Å². The first-order valence-electron chi connectivity index (χ1n) is 9.43. The van der Waals surface area contributed by atoms with Gasteiger partial charge in [-0.1, -0.05) is 48.0 Å². The Morgan fingerprint density at radius 1 is 1.00 bits per heavy atom. The summed E-state index contributed by atoms with van der Waals surface area (Å²) in [6.45, 7) is 4.10. The standard InChI is InChI=1S/C24H20ClNO2/c1-24(2)13-19(27)22-18(26-24)12-11-17-16-5-3-4-6-20(16)28-23(21(17)22)14-7-9-15(25)10-8-14/h3-12,23,26H,13H2,1-2H3/t23-/m1/s1. The molecule has 5 rings (SSSR count). The van der Waals surface area contributed by atoms with Gasteiger partial charge < -0.3 is 10.1 Å². The fourth-order valence-electron chi connectivity index (χ4n) is 4.28. The summed E-state index contributed by atoms with van der Waals surface area (Å²) in [5.41, 5.74) is 5.34. The Labute approximate surface area is 169 Å². The van der Waals surface area contributed by atoms with E-state index in [1.165, 1.54) is 0 Å². The van der Waals surface area contributed by atoms with Crippen LogP contribution in [-0.4, -0.2) is 11.3 Å². The number of carbonyl (C=O) groups is 1. The highest BCUT2D eigenvalue weighted by atomic mass is 35.5. The highest BCUT2D eigenvalue weighted by molar-refractivity contribution is 6.30. The number of nitrogens with one attached hydrogen (secondary N) is 1. The van der Waals surface area contributed by atoms with Crippen LogP contribution in [0.4, 0.5) is 5.69 Å². The minimum atomic E-state index is -0.357. The average Bonchev–Trinajstić information content (AvgIpc) is 2.66. The summed E-state index contributed by atoms with van der Waals surface area (Å²) in [6, 6.07) is 19.8. The first kappa shape index (κ1) is 17.3. The smallest absolute Gasteiger partial charge is 0.167 e. The molecule has 140 valence electrons. The Bertz CT molecular complexity index is 1100. The molecule has 0 fully saturated rings. The summed E-state index contributed by atoms with van der Waals surface area (Å²) in [6.07, 6.45) is 0.0925. The maximum absolute atomic E-state index is 13.2. The molecule has 0 spiro atoms. The highest BCUT2D eigenvalue weighted by Crippen LogP contribution is 2.49. The number of benzene rings is 3. The van der Waals surface area contributed by atoms with Gasteiger partial charge in [-0.25, -0.2) is 0 Å². The molecule has 2 aliphatic heterocycles. The van der Waals surface area contributed by atoms with Gasteiger partial charge in [0, 0.05) is 39.4 Å². The van der Waals surface area contributed by atoms with E-state index in [0.29, 0.717) is 11.4 Å². The lowest BCUT2D eigenvalue weighted by molar-refractivity contribution is 0.0954. The molecule has 2 heterocycles. The minimum absolute atomic E-state index is 0.151. The Morgan fingerprint density at radius 2 is 1.75 bits per heavy atom. The van der Waals surface area contributed by atoms with E-state index >= 15 is 0 Å².